The fraction of sp³-hybridized carbons (Fsp3) is 0.412. The fourth-order valence-corrected chi connectivity index (χ4v) is 2.88. The Hall–Kier alpha value is -1.93. The van der Waals surface area contributed by atoms with Crippen LogP contribution >= 0.6 is 23.2 Å². The molecule has 0 radical (unpaired) electrons. The molecule has 0 saturated heterocycles. The number of nitrogens with zero attached hydrogens (tertiary/aromatic N) is 1. The highest BCUT2D eigenvalue weighted by Crippen LogP contribution is 2.23. The van der Waals surface area contributed by atoms with Gasteiger partial charge in [0.2, 0.25) is 0 Å². The molecule has 0 bridgehead atoms. The lowest BCUT2D eigenvalue weighted by Crippen LogP contribution is -2.34. The van der Waals surface area contributed by atoms with E-state index in [0.717, 1.165) is 5.56 Å². The molecule has 2 amide bonds. The Bertz CT molecular complexity index is 766. The van der Waals surface area contributed by atoms with Gasteiger partial charge in [-0.2, -0.15) is 13.2 Å². The molecule has 10 heteroatoms. The summed E-state index contributed by atoms with van der Waals surface area (Å²) in [5.74, 6) is -1.20. The average Bonchev–Trinajstić information content (AvgIpc) is 2.87. The molecule has 0 saturated carbocycles. The summed E-state index contributed by atoms with van der Waals surface area (Å²) in [6.45, 7) is -1.12. The Morgan fingerprint density at radius 2 is 1.96 bits per heavy atom. The Morgan fingerprint density at radius 3 is 2.59 bits per heavy atom. The Morgan fingerprint density at radius 1 is 1.26 bits per heavy atom. The van der Waals surface area contributed by atoms with E-state index in [9.17, 15) is 22.8 Å². The third kappa shape index (κ3) is 6.04. The van der Waals surface area contributed by atoms with Gasteiger partial charge in [-0.25, -0.2) is 0 Å². The maximum absolute atomic E-state index is 12.4. The van der Waals surface area contributed by atoms with E-state index in [-0.39, 0.29) is 17.8 Å². The topological polar surface area (TPSA) is 61.4 Å². The van der Waals surface area contributed by atoms with Crippen LogP contribution in [0.4, 0.5) is 13.2 Å². The number of hydrogen-bond donors (Lipinski definition) is 2. The van der Waals surface area contributed by atoms with Gasteiger partial charge in [-0.05, 0) is 30.5 Å². The van der Waals surface area contributed by atoms with Crippen molar-refractivity contribution in [3.63, 3.8) is 0 Å². The zero-order chi connectivity index (χ0) is 20.2. The molecule has 0 aliphatic carbocycles. The quantitative estimate of drug-likeness (QED) is 0.662. The first-order valence-corrected chi connectivity index (χ1v) is 8.85. The van der Waals surface area contributed by atoms with Crippen LogP contribution in [0.2, 0.25) is 10.0 Å². The van der Waals surface area contributed by atoms with Crippen LogP contribution in [0.15, 0.2) is 29.5 Å². The first-order chi connectivity index (χ1) is 12.6. The summed E-state index contributed by atoms with van der Waals surface area (Å²) in [7, 11) is 1.42. The standard InChI is InChI=1S/C17H18Cl2F3N3O2/c1-25-8-11(14(16(25)27)24-9-17(20,21)22)15(26)23-6-2-3-10-4-5-12(18)13(19)7-10/h4-5,7,24H,2-3,6,8-9H2,1H3,(H,23,26). The summed E-state index contributed by atoms with van der Waals surface area (Å²) < 4.78 is 37.2. The molecule has 1 aliphatic rings. The lowest BCUT2D eigenvalue weighted by molar-refractivity contribution is -0.128. The first-order valence-electron chi connectivity index (χ1n) is 8.10. The molecule has 1 aromatic carbocycles. The summed E-state index contributed by atoms with van der Waals surface area (Å²) in [5, 5.41) is 5.56. The fourth-order valence-electron chi connectivity index (χ4n) is 2.56. The molecule has 0 atom stereocenters. The van der Waals surface area contributed by atoms with Crippen LogP contribution in [0.3, 0.4) is 0 Å². The van der Waals surface area contributed by atoms with Crippen molar-refractivity contribution in [2.75, 3.05) is 26.7 Å². The van der Waals surface area contributed by atoms with Gasteiger partial charge in [0.25, 0.3) is 11.8 Å². The van der Waals surface area contributed by atoms with Crippen molar-refractivity contribution in [3.8, 4) is 0 Å². The number of carbonyl (C=O) groups excluding carboxylic acids is 2. The molecular weight excluding hydrogens is 406 g/mol. The number of hydrogen-bond acceptors (Lipinski definition) is 3. The molecule has 0 spiro atoms. The van der Waals surface area contributed by atoms with Crippen molar-refractivity contribution in [2.45, 2.75) is 19.0 Å². The normalized spacial score (nSPS) is 14.7. The summed E-state index contributed by atoms with van der Waals surface area (Å²) in [4.78, 5) is 25.4. The monoisotopic (exact) mass is 423 g/mol. The van der Waals surface area contributed by atoms with Gasteiger partial charge in [-0.3, -0.25) is 9.59 Å². The maximum atomic E-state index is 12.4. The molecular formula is C17H18Cl2F3N3O2. The number of halogens is 5. The number of nitrogens with one attached hydrogen (secondary N) is 2. The van der Waals surface area contributed by atoms with Crippen molar-refractivity contribution in [3.05, 3.63) is 45.1 Å². The van der Waals surface area contributed by atoms with Crippen LogP contribution < -0.4 is 10.6 Å². The third-order valence-corrected chi connectivity index (χ3v) is 4.65. The highest BCUT2D eigenvalue weighted by Gasteiger charge is 2.35. The van der Waals surface area contributed by atoms with Crippen molar-refractivity contribution >= 4 is 35.0 Å². The molecule has 148 valence electrons. The van der Waals surface area contributed by atoms with Gasteiger partial charge in [-0.1, -0.05) is 29.3 Å². The molecule has 1 aromatic rings. The van der Waals surface area contributed by atoms with Gasteiger partial charge < -0.3 is 15.5 Å². The minimum absolute atomic E-state index is 0.00119. The molecule has 2 rings (SSSR count). The van der Waals surface area contributed by atoms with Crippen molar-refractivity contribution < 1.29 is 22.8 Å². The lowest BCUT2D eigenvalue weighted by atomic mass is 10.1. The van der Waals surface area contributed by atoms with Crippen molar-refractivity contribution in [2.24, 2.45) is 0 Å². The van der Waals surface area contributed by atoms with E-state index in [1.165, 1.54) is 11.9 Å². The van der Waals surface area contributed by atoms with Crippen LogP contribution in [0.25, 0.3) is 0 Å². The average molecular weight is 424 g/mol. The van der Waals surface area contributed by atoms with Crippen LogP contribution in [0.5, 0.6) is 0 Å². The molecule has 0 fully saturated rings. The molecule has 2 N–H and O–H groups in total. The number of carbonyl (C=O) groups is 2. The van der Waals surface area contributed by atoms with Crippen LogP contribution in [-0.2, 0) is 16.0 Å². The van der Waals surface area contributed by atoms with Gasteiger partial charge in [0, 0.05) is 13.6 Å². The van der Waals surface area contributed by atoms with E-state index in [2.05, 4.69) is 5.32 Å². The van der Waals surface area contributed by atoms with Crippen LogP contribution in [0.1, 0.15) is 12.0 Å². The van der Waals surface area contributed by atoms with Crippen LogP contribution in [-0.4, -0.2) is 49.6 Å². The van der Waals surface area contributed by atoms with Gasteiger partial charge in [0.05, 0.1) is 22.2 Å². The molecule has 1 heterocycles. The zero-order valence-electron chi connectivity index (χ0n) is 14.4. The number of aryl methyl sites for hydroxylation is 1. The number of rotatable bonds is 7. The molecule has 0 unspecified atom stereocenters. The predicted molar refractivity (Wildman–Crippen MR) is 96.5 cm³/mol. The first kappa shape index (κ1) is 21.4. The van der Waals surface area contributed by atoms with Gasteiger partial charge in [-0.15, -0.1) is 0 Å². The van der Waals surface area contributed by atoms with Crippen molar-refractivity contribution in [1.82, 2.24) is 15.5 Å². The van der Waals surface area contributed by atoms with Gasteiger partial charge >= 0.3 is 6.18 Å². The smallest absolute Gasteiger partial charge is 0.372 e. The highest BCUT2D eigenvalue weighted by atomic mass is 35.5. The van der Waals surface area contributed by atoms with E-state index < -0.39 is 24.5 Å². The van der Waals surface area contributed by atoms with Gasteiger partial charge in [0.1, 0.15) is 12.2 Å². The second-order valence-corrected chi connectivity index (χ2v) is 6.91. The van der Waals surface area contributed by atoms with E-state index >= 15 is 0 Å². The maximum Gasteiger partial charge on any atom is 0.405 e. The molecule has 1 aliphatic heterocycles. The SMILES string of the molecule is CN1CC(C(=O)NCCCc2ccc(Cl)c(Cl)c2)=C(NCC(F)(F)F)C1=O. The summed E-state index contributed by atoms with van der Waals surface area (Å²) >= 11 is 11.8. The number of amides is 2. The largest absolute Gasteiger partial charge is 0.405 e. The predicted octanol–water partition coefficient (Wildman–Crippen LogP) is 2.92. The lowest BCUT2D eigenvalue weighted by Gasteiger charge is -2.11. The number of likely N-dealkylation sites (N-methyl/N-ethyl adjacent to an activating group) is 1. The zero-order valence-corrected chi connectivity index (χ0v) is 15.9. The molecule has 5 nitrogen and oxygen atoms in total. The highest BCUT2D eigenvalue weighted by molar-refractivity contribution is 6.42. The summed E-state index contributed by atoms with van der Waals surface area (Å²) in [6, 6.07) is 5.24. The van der Waals surface area contributed by atoms with Crippen LogP contribution in [0, 0.1) is 0 Å². The summed E-state index contributed by atoms with van der Waals surface area (Å²) in [6.07, 6.45) is -3.27. The van der Waals surface area contributed by atoms with E-state index in [0.29, 0.717) is 29.4 Å². The second kappa shape index (κ2) is 8.84. The third-order valence-electron chi connectivity index (χ3n) is 3.91. The minimum Gasteiger partial charge on any atom is -0.372 e. The number of benzene rings is 1. The van der Waals surface area contributed by atoms with Gasteiger partial charge in [0.15, 0.2) is 0 Å². The van der Waals surface area contributed by atoms with E-state index in [4.69, 9.17) is 23.2 Å². The summed E-state index contributed by atoms with van der Waals surface area (Å²) in [5.41, 5.74) is 0.638. The number of alkyl halides is 3. The Labute approximate surface area is 164 Å². The second-order valence-electron chi connectivity index (χ2n) is 6.09. The Kier molecular flexibility index (Phi) is 7.00. The van der Waals surface area contributed by atoms with Crippen molar-refractivity contribution in [1.29, 1.82) is 0 Å². The molecule has 27 heavy (non-hydrogen) atoms. The minimum atomic E-state index is -4.49. The Balaban J connectivity index is 1.91. The van der Waals surface area contributed by atoms with E-state index in [1.54, 1.807) is 12.1 Å². The van der Waals surface area contributed by atoms with E-state index in [1.807, 2.05) is 11.4 Å². The molecule has 0 aromatic heterocycles.